The standard InChI is InChI=1S/C4H9.ClH.2H2O2.Sn/c1-3-4-2;;2*1-2;/h1,3-4H2,2H3;1H;2*1-2H;/q;;;;+3/p-3. The summed E-state index contributed by atoms with van der Waals surface area (Å²) in [6.45, 7) is 1.97. The van der Waals surface area contributed by atoms with Gasteiger partial charge in [-0.3, -0.25) is 0 Å². The maximum atomic E-state index is 8.19. The summed E-state index contributed by atoms with van der Waals surface area (Å²) >= 11 is -3.83. The van der Waals surface area contributed by atoms with E-state index < -0.39 is 18.1 Å². The average Bonchev–Trinajstić information content (AvgIpc) is 2.00. The van der Waals surface area contributed by atoms with Crippen LogP contribution < -0.4 is 0 Å². The van der Waals surface area contributed by atoms with Crippen LogP contribution in [0, 0.1) is 0 Å². The summed E-state index contributed by atoms with van der Waals surface area (Å²) < 4.78 is 8.23. The number of rotatable bonds is 5. The first-order valence-electron chi connectivity index (χ1n) is 3.02. The maximum absolute atomic E-state index is 8.19. The molecule has 0 amide bonds. The Bertz CT molecular complexity index is 87.3. The van der Waals surface area contributed by atoms with Crippen LogP contribution in [0.4, 0.5) is 0 Å². The molecule has 0 aromatic carbocycles. The summed E-state index contributed by atoms with van der Waals surface area (Å²) in [5, 5.41) is 16.4. The van der Waals surface area contributed by atoms with Crippen LogP contribution in [-0.4, -0.2) is 28.6 Å². The molecule has 0 aromatic rings. The Morgan fingerprint density at radius 3 is 2.20 bits per heavy atom. The van der Waals surface area contributed by atoms with E-state index in [0.29, 0.717) is 4.44 Å². The second-order valence-corrected chi connectivity index (χ2v) is 12.0. The van der Waals surface area contributed by atoms with Gasteiger partial charge in [-0.05, 0) is 0 Å². The predicted octanol–water partition coefficient (Wildman–Crippen LogP) is 1.94. The van der Waals surface area contributed by atoms with Crippen LogP contribution in [-0.2, 0) is 6.45 Å². The van der Waals surface area contributed by atoms with Crippen molar-refractivity contribution in [1.82, 2.24) is 0 Å². The molecule has 62 valence electrons. The zero-order valence-corrected chi connectivity index (χ0v) is 9.32. The van der Waals surface area contributed by atoms with Crippen molar-refractivity contribution in [3.05, 3.63) is 0 Å². The van der Waals surface area contributed by atoms with Gasteiger partial charge in [0.2, 0.25) is 0 Å². The molecule has 0 saturated heterocycles. The summed E-state index contributed by atoms with van der Waals surface area (Å²) in [7, 11) is 5.55. The average molecular weight is 277 g/mol. The summed E-state index contributed by atoms with van der Waals surface area (Å²) in [6.07, 6.45) is 1.72. The van der Waals surface area contributed by atoms with Gasteiger partial charge in [-0.2, -0.15) is 0 Å². The van der Waals surface area contributed by atoms with E-state index in [1.54, 1.807) is 0 Å². The fraction of sp³-hybridized carbons (Fsp3) is 1.00. The van der Waals surface area contributed by atoms with Crippen molar-refractivity contribution in [2.45, 2.75) is 24.2 Å². The summed E-state index contributed by atoms with van der Waals surface area (Å²) in [4.78, 5) is 0. The van der Waals surface area contributed by atoms with Crippen LogP contribution in [0.2, 0.25) is 4.44 Å². The fourth-order valence-electron chi connectivity index (χ4n) is 0.496. The van der Waals surface area contributed by atoms with Crippen LogP contribution in [0.5, 0.6) is 0 Å². The van der Waals surface area contributed by atoms with Gasteiger partial charge in [-0.15, -0.1) is 0 Å². The monoisotopic (exact) mass is 278 g/mol. The van der Waals surface area contributed by atoms with Gasteiger partial charge in [0.05, 0.1) is 0 Å². The third kappa shape index (κ3) is 3.94. The number of halogens is 1. The minimum absolute atomic E-state index is 0.444. The minimum atomic E-state index is -3.83. The molecule has 6 heteroatoms. The van der Waals surface area contributed by atoms with Crippen molar-refractivity contribution in [2.24, 2.45) is 0 Å². The molecule has 0 aliphatic rings. The molecular formula is C4H11ClO4Sn. The Kier molecular flexibility index (Phi) is 6.08. The SMILES string of the molecule is CCC[CH2][Sn]([Cl])([O]O)[O]O. The Hall–Kier alpha value is 0.929. The number of hydrogen-bond acceptors (Lipinski definition) is 4. The van der Waals surface area contributed by atoms with Gasteiger partial charge in [0.25, 0.3) is 0 Å². The molecule has 0 aliphatic carbocycles. The molecule has 0 rings (SSSR count). The summed E-state index contributed by atoms with van der Waals surface area (Å²) in [6, 6.07) is 0. The number of unbranched alkanes of at least 4 members (excludes halogenated alkanes) is 1. The fourth-order valence-corrected chi connectivity index (χ4v) is 4.22. The molecule has 0 saturated carbocycles. The third-order valence-electron chi connectivity index (χ3n) is 1.10. The van der Waals surface area contributed by atoms with Gasteiger partial charge in [-0.25, -0.2) is 0 Å². The Morgan fingerprint density at radius 2 is 1.90 bits per heavy atom. The van der Waals surface area contributed by atoms with Crippen LogP contribution in [0.15, 0.2) is 0 Å². The van der Waals surface area contributed by atoms with E-state index in [-0.39, 0.29) is 0 Å². The van der Waals surface area contributed by atoms with E-state index in [4.69, 9.17) is 19.4 Å². The molecule has 0 aliphatic heterocycles. The molecule has 0 heterocycles. The summed E-state index contributed by atoms with van der Waals surface area (Å²) in [5.41, 5.74) is 0. The zero-order chi connectivity index (χ0) is 8.04. The molecule has 4 nitrogen and oxygen atoms in total. The quantitative estimate of drug-likeness (QED) is 0.458. The Labute approximate surface area is 68.2 Å². The number of hydrogen-bond donors (Lipinski definition) is 2. The van der Waals surface area contributed by atoms with E-state index in [1.165, 1.54) is 0 Å². The van der Waals surface area contributed by atoms with E-state index in [0.717, 1.165) is 12.8 Å². The normalized spacial score (nSPS) is 12.0. The molecular weight excluding hydrogens is 266 g/mol. The molecule has 0 spiro atoms. The topological polar surface area (TPSA) is 58.9 Å². The van der Waals surface area contributed by atoms with Crippen LogP contribution in [0.25, 0.3) is 0 Å². The van der Waals surface area contributed by atoms with Crippen LogP contribution in [0.3, 0.4) is 0 Å². The second-order valence-electron chi connectivity index (χ2n) is 1.95. The third-order valence-corrected chi connectivity index (χ3v) is 7.57. The zero-order valence-electron chi connectivity index (χ0n) is 5.71. The second kappa shape index (κ2) is 5.56. The van der Waals surface area contributed by atoms with E-state index in [2.05, 4.69) is 6.45 Å². The van der Waals surface area contributed by atoms with Gasteiger partial charge < -0.3 is 0 Å². The first-order valence-corrected chi connectivity index (χ1v) is 11.0. The van der Waals surface area contributed by atoms with Crippen LogP contribution in [0.1, 0.15) is 19.8 Å². The first kappa shape index (κ1) is 10.9. The Morgan fingerprint density at radius 1 is 1.40 bits per heavy atom. The van der Waals surface area contributed by atoms with Crippen LogP contribution >= 0.6 is 8.92 Å². The molecule has 0 bridgehead atoms. The van der Waals surface area contributed by atoms with E-state index >= 15 is 0 Å². The predicted molar refractivity (Wildman–Crippen MR) is 38.7 cm³/mol. The van der Waals surface area contributed by atoms with Crippen molar-refractivity contribution < 1.29 is 17.0 Å². The van der Waals surface area contributed by atoms with Crippen molar-refractivity contribution >= 4 is 27.0 Å². The molecule has 2 N–H and O–H groups in total. The van der Waals surface area contributed by atoms with Gasteiger partial charge >= 0.3 is 68.2 Å². The van der Waals surface area contributed by atoms with Gasteiger partial charge in [0, 0.05) is 0 Å². The molecule has 0 fully saturated rings. The molecule has 0 unspecified atom stereocenters. The van der Waals surface area contributed by atoms with Crippen molar-refractivity contribution in [3.8, 4) is 0 Å². The Balaban J connectivity index is 3.58. The first-order chi connectivity index (χ1) is 4.68. The molecule has 0 atom stereocenters. The van der Waals surface area contributed by atoms with Crippen molar-refractivity contribution in [2.75, 3.05) is 0 Å². The molecule has 0 radical (unpaired) electrons. The van der Waals surface area contributed by atoms with Crippen molar-refractivity contribution in [1.29, 1.82) is 0 Å². The summed E-state index contributed by atoms with van der Waals surface area (Å²) in [5.74, 6) is 0. The van der Waals surface area contributed by atoms with Crippen molar-refractivity contribution in [3.63, 3.8) is 0 Å². The molecule has 0 aromatic heterocycles. The van der Waals surface area contributed by atoms with Gasteiger partial charge in [-0.1, -0.05) is 0 Å². The van der Waals surface area contributed by atoms with Gasteiger partial charge in [0.1, 0.15) is 0 Å². The molecule has 10 heavy (non-hydrogen) atoms. The van der Waals surface area contributed by atoms with E-state index in [9.17, 15) is 0 Å². The van der Waals surface area contributed by atoms with Gasteiger partial charge in [0.15, 0.2) is 0 Å². The van der Waals surface area contributed by atoms with E-state index in [1.807, 2.05) is 6.92 Å².